The fourth-order valence-electron chi connectivity index (χ4n) is 0.279. The Bertz CT molecular complexity index is 277. The van der Waals surface area contributed by atoms with Crippen molar-refractivity contribution in [3.63, 3.8) is 0 Å². The van der Waals surface area contributed by atoms with Crippen LogP contribution in [0.25, 0.3) is 0 Å². The molecule has 0 radical (unpaired) electrons. The van der Waals surface area contributed by atoms with E-state index >= 15 is 0 Å². The smallest absolute Gasteiger partial charge is 0.277 e. The standard InChI is InChI=1S/C2H6O6S4/c3-11(4,5)9-1-2-10-12(6,7)8/h1-2H2,(H,3,4,5)(H,6,7,8). The number of hydrogen-bond donors (Lipinski definition) is 2. The van der Waals surface area contributed by atoms with Gasteiger partial charge < -0.3 is 0 Å². The molecule has 0 spiro atoms. The molecular weight excluding hydrogens is 248 g/mol. The van der Waals surface area contributed by atoms with Gasteiger partial charge >= 0.3 is 18.3 Å². The molecular formula is C2H6O6S4. The van der Waals surface area contributed by atoms with Crippen molar-refractivity contribution in [1.82, 2.24) is 0 Å². The average Bonchev–Trinajstić information content (AvgIpc) is 1.76. The van der Waals surface area contributed by atoms with Crippen LogP contribution in [0.2, 0.25) is 0 Å². The zero-order valence-corrected chi connectivity index (χ0v) is 8.84. The van der Waals surface area contributed by atoms with E-state index in [0.717, 1.165) is 0 Å². The van der Waals surface area contributed by atoms with E-state index in [0.29, 0.717) is 0 Å². The van der Waals surface area contributed by atoms with Crippen LogP contribution >= 0.6 is 21.6 Å². The molecule has 0 aliphatic rings. The first-order valence-electron chi connectivity index (χ1n) is 2.44. The van der Waals surface area contributed by atoms with Crippen molar-refractivity contribution in [3.05, 3.63) is 0 Å². The topological polar surface area (TPSA) is 109 Å². The van der Waals surface area contributed by atoms with Crippen LogP contribution in [0.15, 0.2) is 0 Å². The third kappa shape index (κ3) is 10.5. The summed E-state index contributed by atoms with van der Waals surface area (Å²) in [6.07, 6.45) is 0. The summed E-state index contributed by atoms with van der Waals surface area (Å²) in [4.78, 5) is 0. The largest absolute Gasteiger partial charge is 0.319 e. The lowest BCUT2D eigenvalue weighted by molar-refractivity contribution is 0.500. The van der Waals surface area contributed by atoms with Crippen LogP contribution < -0.4 is 0 Å². The van der Waals surface area contributed by atoms with Crippen molar-refractivity contribution >= 4 is 39.9 Å². The highest BCUT2D eigenvalue weighted by Gasteiger charge is 2.08. The number of hydrogen-bond acceptors (Lipinski definition) is 6. The Hall–Kier alpha value is 0.520. The molecule has 0 bridgehead atoms. The lowest BCUT2D eigenvalue weighted by atomic mass is 11.0. The van der Waals surface area contributed by atoms with Crippen LogP contribution in [-0.2, 0) is 18.3 Å². The van der Waals surface area contributed by atoms with Crippen LogP contribution in [0.4, 0.5) is 0 Å². The first-order chi connectivity index (χ1) is 5.21. The highest BCUT2D eigenvalue weighted by Crippen LogP contribution is 2.15. The second-order valence-electron chi connectivity index (χ2n) is 1.50. The molecule has 0 rings (SSSR count). The van der Waals surface area contributed by atoms with Gasteiger partial charge in [-0.1, -0.05) is 0 Å². The van der Waals surface area contributed by atoms with Crippen molar-refractivity contribution in [2.24, 2.45) is 0 Å². The van der Waals surface area contributed by atoms with Crippen LogP contribution in [0.3, 0.4) is 0 Å². The molecule has 0 unspecified atom stereocenters. The van der Waals surface area contributed by atoms with E-state index in [-0.39, 0.29) is 33.1 Å². The van der Waals surface area contributed by atoms with E-state index in [1.54, 1.807) is 0 Å². The van der Waals surface area contributed by atoms with Crippen LogP contribution in [0.5, 0.6) is 0 Å². The monoisotopic (exact) mass is 254 g/mol. The average molecular weight is 254 g/mol. The summed E-state index contributed by atoms with van der Waals surface area (Å²) in [5, 5.41) is 0. The summed E-state index contributed by atoms with van der Waals surface area (Å²) >= 11 is 0. The fraction of sp³-hybridized carbons (Fsp3) is 1.00. The van der Waals surface area contributed by atoms with Gasteiger partial charge in [-0.2, -0.15) is 16.8 Å². The lowest BCUT2D eigenvalue weighted by Gasteiger charge is -1.95. The van der Waals surface area contributed by atoms with Gasteiger partial charge in [0.25, 0.3) is 0 Å². The minimum atomic E-state index is -4.11. The maximum absolute atomic E-state index is 10.1. The van der Waals surface area contributed by atoms with E-state index in [9.17, 15) is 16.8 Å². The Morgan fingerprint density at radius 2 is 1.08 bits per heavy atom. The molecule has 10 heteroatoms. The van der Waals surface area contributed by atoms with Crippen molar-refractivity contribution < 1.29 is 25.9 Å². The Labute approximate surface area is 77.4 Å². The highest BCUT2D eigenvalue weighted by molar-refractivity contribution is 8.71. The molecule has 0 aromatic heterocycles. The van der Waals surface area contributed by atoms with Gasteiger partial charge in [-0.25, -0.2) is 0 Å². The van der Waals surface area contributed by atoms with Crippen molar-refractivity contribution in [2.45, 2.75) is 0 Å². The Morgan fingerprint density at radius 3 is 1.25 bits per heavy atom. The van der Waals surface area contributed by atoms with E-state index in [1.165, 1.54) is 0 Å². The third-order valence-electron chi connectivity index (χ3n) is 0.548. The van der Waals surface area contributed by atoms with Crippen molar-refractivity contribution in [3.8, 4) is 0 Å². The van der Waals surface area contributed by atoms with Gasteiger partial charge in [0, 0.05) is 11.5 Å². The SMILES string of the molecule is O=S(=O)(O)SCCSS(=O)(=O)O. The van der Waals surface area contributed by atoms with E-state index in [2.05, 4.69) is 0 Å². The van der Waals surface area contributed by atoms with Gasteiger partial charge in [-0.05, 0) is 21.6 Å². The van der Waals surface area contributed by atoms with Gasteiger partial charge in [0.1, 0.15) is 0 Å². The molecule has 0 saturated carbocycles. The first-order valence-corrected chi connectivity index (χ1v) is 8.33. The van der Waals surface area contributed by atoms with Crippen LogP contribution in [-0.4, -0.2) is 37.4 Å². The molecule has 0 atom stereocenters. The van der Waals surface area contributed by atoms with Gasteiger partial charge in [0.05, 0.1) is 0 Å². The second-order valence-corrected chi connectivity index (χ2v) is 8.44. The first kappa shape index (κ1) is 12.5. The molecule has 0 heterocycles. The molecule has 0 aromatic rings. The lowest BCUT2D eigenvalue weighted by Crippen LogP contribution is -1.97. The molecule has 12 heavy (non-hydrogen) atoms. The summed E-state index contributed by atoms with van der Waals surface area (Å²) in [6.45, 7) is 0. The van der Waals surface area contributed by atoms with E-state index < -0.39 is 18.3 Å². The second kappa shape index (κ2) is 4.67. The predicted molar refractivity (Wildman–Crippen MR) is 48.0 cm³/mol. The van der Waals surface area contributed by atoms with Crippen molar-refractivity contribution in [1.29, 1.82) is 0 Å². The maximum atomic E-state index is 10.1. The summed E-state index contributed by atoms with van der Waals surface area (Å²) in [5.41, 5.74) is 0. The molecule has 0 aliphatic carbocycles. The van der Waals surface area contributed by atoms with Crippen LogP contribution in [0.1, 0.15) is 0 Å². The summed E-state index contributed by atoms with van der Waals surface area (Å²) in [5.74, 6) is -0.216. The Morgan fingerprint density at radius 1 is 0.833 bits per heavy atom. The van der Waals surface area contributed by atoms with E-state index in [4.69, 9.17) is 9.11 Å². The molecule has 0 aliphatic heterocycles. The Balaban J connectivity index is 3.62. The molecule has 0 fully saturated rings. The van der Waals surface area contributed by atoms with Gasteiger partial charge in [0.15, 0.2) is 0 Å². The minimum absolute atomic E-state index is 0.108. The highest BCUT2D eigenvalue weighted by atomic mass is 33.2. The fourth-order valence-corrected chi connectivity index (χ4v) is 3.73. The van der Waals surface area contributed by atoms with E-state index in [1.807, 2.05) is 0 Å². The molecule has 0 saturated heterocycles. The molecule has 6 nitrogen and oxygen atoms in total. The third-order valence-corrected chi connectivity index (χ3v) is 4.93. The van der Waals surface area contributed by atoms with Crippen LogP contribution in [0, 0.1) is 0 Å². The summed E-state index contributed by atoms with van der Waals surface area (Å²) < 4.78 is 56.5. The predicted octanol–water partition coefficient (Wildman–Crippen LogP) is 0.0584. The normalized spacial score (nSPS) is 13.2. The zero-order valence-electron chi connectivity index (χ0n) is 5.57. The number of rotatable bonds is 5. The maximum Gasteiger partial charge on any atom is 0.319 e. The zero-order chi connectivity index (χ0) is 9.83. The van der Waals surface area contributed by atoms with Gasteiger partial charge in [0.2, 0.25) is 0 Å². The van der Waals surface area contributed by atoms with Gasteiger partial charge in [-0.3, -0.25) is 9.11 Å². The summed E-state index contributed by atoms with van der Waals surface area (Å²) in [7, 11) is -7.82. The summed E-state index contributed by atoms with van der Waals surface area (Å²) in [6, 6.07) is 0. The Kier molecular flexibility index (Phi) is 4.87. The molecule has 0 aromatic carbocycles. The molecule has 74 valence electrons. The van der Waals surface area contributed by atoms with Gasteiger partial charge in [-0.15, -0.1) is 0 Å². The quantitative estimate of drug-likeness (QED) is 0.402. The molecule has 0 amide bonds. The molecule has 2 N–H and O–H groups in total. The van der Waals surface area contributed by atoms with Crippen molar-refractivity contribution in [2.75, 3.05) is 11.5 Å². The minimum Gasteiger partial charge on any atom is -0.277 e.